The number of hydrogen-bond donors (Lipinski definition) is 0. The molecule has 8 heteroatoms. The Kier molecular flexibility index (Phi) is 5.61. The average Bonchev–Trinajstić information content (AvgIpc) is 3.09. The smallest absolute Gasteiger partial charge is 0.262 e. The zero-order chi connectivity index (χ0) is 18.7. The Morgan fingerprint density at radius 3 is 2.73 bits per heavy atom. The minimum Gasteiger partial charge on any atom is -0.342 e. The average molecular weight is 373 g/mol. The molecular weight excluding hydrogens is 350 g/mol. The van der Waals surface area contributed by atoms with E-state index in [-0.39, 0.29) is 11.5 Å². The number of amides is 1. The first kappa shape index (κ1) is 18.4. The molecule has 0 saturated heterocycles. The number of para-hydroxylation sites is 1. The Morgan fingerprint density at radius 1 is 1.23 bits per heavy atom. The summed E-state index contributed by atoms with van der Waals surface area (Å²) < 4.78 is 3.33. The molecule has 2 heterocycles. The zero-order valence-electron chi connectivity index (χ0n) is 15.3. The molecule has 3 aromatic rings. The molecule has 0 unspecified atom stereocenters. The minimum absolute atomic E-state index is 0.0943. The Morgan fingerprint density at radius 2 is 2.00 bits per heavy atom. The highest BCUT2D eigenvalue weighted by atomic mass is 32.2. The predicted molar refractivity (Wildman–Crippen MR) is 104 cm³/mol. The maximum Gasteiger partial charge on any atom is 0.262 e. The second-order valence-corrected chi connectivity index (χ2v) is 7.06. The van der Waals surface area contributed by atoms with Crippen molar-refractivity contribution in [3.63, 3.8) is 0 Å². The van der Waals surface area contributed by atoms with Crippen LogP contribution >= 0.6 is 11.8 Å². The van der Waals surface area contributed by atoms with Crippen molar-refractivity contribution in [2.75, 3.05) is 18.8 Å². The van der Waals surface area contributed by atoms with Crippen molar-refractivity contribution >= 4 is 34.3 Å². The van der Waals surface area contributed by atoms with Crippen LogP contribution in [0.1, 0.15) is 26.7 Å². The van der Waals surface area contributed by atoms with Crippen molar-refractivity contribution in [1.82, 2.24) is 24.1 Å². The maximum absolute atomic E-state index is 12.5. The molecule has 7 nitrogen and oxygen atoms in total. The second-order valence-electron chi connectivity index (χ2n) is 6.11. The highest BCUT2D eigenvalue weighted by Gasteiger charge is 2.17. The van der Waals surface area contributed by atoms with Crippen molar-refractivity contribution in [3.05, 3.63) is 34.6 Å². The Bertz CT molecular complexity index is 994. The number of nitrogens with zero attached hydrogens (tertiary/aromatic N) is 5. The Balaban J connectivity index is 1.92. The molecule has 0 fully saturated rings. The molecule has 0 atom stereocenters. The summed E-state index contributed by atoms with van der Waals surface area (Å²) in [5.74, 6) is 0.869. The summed E-state index contributed by atoms with van der Waals surface area (Å²) in [7, 11) is 1.68. The topological polar surface area (TPSA) is 72.5 Å². The van der Waals surface area contributed by atoms with Crippen LogP contribution in [0.3, 0.4) is 0 Å². The third kappa shape index (κ3) is 3.33. The van der Waals surface area contributed by atoms with Gasteiger partial charge in [-0.1, -0.05) is 37.2 Å². The lowest BCUT2D eigenvalue weighted by Crippen LogP contribution is -2.33. The van der Waals surface area contributed by atoms with E-state index < -0.39 is 0 Å². The number of carbonyl (C=O) groups excluding carboxylic acids is 1. The Labute approximate surface area is 156 Å². The number of benzene rings is 1. The summed E-state index contributed by atoms with van der Waals surface area (Å²) in [6, 6.07) is 7.38. The SMILES string of the molecule is CCCCN(CC)C(=O)CSc1nnc2n(C)c(=O)c3ccccc3n12. The van der Waals surface area contributed by atoms with E-state index in [4.69, 9.17) is 0 Å². The number of unbranched alkanes of at least 4 members (excludes halogenated alkanes) is 1. The van der Waals surface area contributed by atoms with Crippen LogP contribution in [-0.4, -0.2) is 48.8 Å². The van der Waals surface area contributed by atoms with Crippen molar-refractivity contribution in [2.45, 2.75) is 31.8 Å². The van der Waals surface area contributed by atoms with E-state index in [2.05, 4.69) is 17.1 Å². The van der Waals surface area contributed by atoms with Crippen LogP contribution in [0, 0.1) is 0 Å². The second kappa shape index (κ2) is 7.90. The van der Waals surface area contributed by atoms with Gasteiger partial charge in [0.2, 0.25) is 11.7 Å². The zero-order valence-corrected chi connectivity index (χ0v) is 16.1. The minimum atomic E-state index is -0.107. The van der Waals surface area contributed by atoms with Gasteiger partial charge in [0.15, 0.2) is 5.16 Å². The van der Waals surface area contributed by atoms with E-state index in [0.717, 1.165) is 24.9 Å². The highest BCUT2D eigenvalue weighted by molar-refractivity contribution is 7.99. The van der Waals surface area contributed by atoms with Gasteiger partial charge in [0.25, 0.3) is 5.56 Å². The summed E-state index contributed by atoms with van der Waals surface area (Å²) in [4.78, 5) is 26.8. The summed E-state index contributed by atoms with van der Waals surface area (Å²) in [6.07, 6.45) is 2.07. The van der Waals surface area contributed by atoms with E-state index >= 15 is 0 Å². The van der Waals surface area contributed by atoms with Gasteiger partial charge in [-0.25, -0.2) is 0 Å². The molecule has 138 valence electrons. The van der Waals surface area contributed by atoms with E-state index in [9.17, 15) is 9.59 Å². The van der Waals surface area contributed by atoms with Crippen LogP contribution in [0.2, 0.25) is 0 Å². The van der Waals surface area contributed by atoms with Crippen molar-refractivity contribution in [1.29, 1.82) is 0 Å². The normalized spacial score (nSPS) is 11.3. The number of fused-ring (bicyclic) bond motifs is 3. The summed E-state index contributed by atoms with van der Waals surface area (Å²) >= 11 is 1.35. The molecule has 0 bridgehead atoms. The number of hydrogen-bond acceptors (Lipinski definition) is 5. The van der Waals surface area contributed by atoms with Crippen LogP contribution in [0.4, 0.5) is 0 Å². The van der Waals surface area contributed by atoms with Gasteiger partial charge in [0.1, 0.15) is 0 Å². The van der Waals surface area contributed by atoms with Gasteiger partial charge in [-0.05, 0) is 25.5 Å². The first-order valence-electron chi connectivity index (χ1n) is 8.81. The summed E-state index contributed by atoms with van der Waals surface area (Å²) in [5, 5.41) is 9.59. The summed E-state index contributed by atoms with van der Waals surface area (Å²) in [5.41, 5.74) is 0.647. The fraction of sp³-hybridized carbons (Fsp3) is 0.444. The molecule has 0 spiro atoms. The fourth-order valence-electron chi connectivity index (χ4n) is 2.93. The van der Waals surface area contributed by atoms with Gasteiger partial charge in [-0.3, -0.25) is 18.6 Å². The Hall–Kier alpha value is -2.35. The lowest BCUT2D eigenvalue weighted by molar-refractivity contribution is -0.128. The van der Waals surface area contributed by atoms with Gasteiger partial charge in [0.05, 0.1) is 16.7 Å². The van der Waals surface area contributed by atoms with Crippen LogP contribution in [0.5, 0.6) is 0 Å². The van der Waals surface area contributed by atoms with E-state index in [1.165, 1.54) is 16.3 Å². The molecule has 26 heavy (non-hydrogen) atoms. The number of aryl methyl sites for hydroxylation is 1. The van der Waals surface area contributed by atoms with Crippen molar-refractivity contribution in [3.8, 4) is 0 Å². The van der Waals surface area contributed by atoms with Gasteiger partial charge < -0.3 is 4.90 Å². The number of carbonyl (C=O) groups is 1. The first-order valence-corrected chi connectivity index (χ1v) is 9.80. The van der Waals surface area contributed by atoms with Crippen LogP contribution in [-0.2, 0) is 11.8 Å². The largest absolute Gasteiger partial charge is 0.342 e. The van der Waals surface area contributed by atoms with Gasteiger partial charge in [-0.2, -0.15) is 0 Å². The molecule has 0 aliphatic heterocycles. The third-order valence-corrected chi connectivity index (χ3v) is 5.35. The number of aromatic nitrogens is 4. The first-order chi connectivity index (χ1) is 12.6. The lowest BCUT2D eigenvalue weighted by atomic mass is 10.2. The third-order valence-electron chi connectivity index (χ3n) is 4.44. The van der Waals surface area contributed by atoms with E-state index in [1.807, 2.05) is 34.4 Å². The predicted octanol–water partition coefficient (Wildman–Crippen LogP) is 2.32. The molecule has 1 aromatic carbocycles. The van der Waals surface area contributed by atoms with Gasteiger partial charge in [0, 0.05) is 20.1 Å². The number of rotatable bonds is 7. The van der Waals surface area contributed by atoms with Gasteiger partial charge >= 0.3 is 0 Å². The monoisotopic (exact) mass is 373 g/mol. The van der Waals surface area contributed by atoms with Crippen LogP contribution < -0.4 is 5.56 Å². The molecule has 0 aliphatic rings. The van der Waals surface area contributed by atoms with Crippen molar-refractivity contribution in [2.24, 2.45) is 7.05 Å². The molecule has 3 rings (SSSR count). The number of thioether (sulfide) groups is 1. The van der Waals surface area contributed by atoms with Crippen molar-refractivity contribution < 1.29 is 4.79 Å². The lowest BCUT2D eigenvalue weighted by Gasteiger charge is -2.20. The van der Waals surface area contributed by atoms with Crippen LogP contribution in [0.15, 0.2) is 34.2 Å². The van der Waals surface area contributed by atoms with E-state index in [0.29, 0.717) is 28.6 Å². The fourth-order valence-corrected chi connectivity index (χ4v) is 3.77. The molecule has 0 saturated carbocycles. The quantitative estimate of drug-likeness (QED) is 0.594. The molecule has 1 amide bonds. The summed E-state index contributed by atoms with van der Waals surface area (Å²) in [6.45, 7) is 5.60. The molecule has 0 N–H and O–H groups in total. The molecule has 0 aliphatic carbocycles. The van der Waals surface area contributed by atoms with E-state index in [1.54, 1.807) is 13.1 Å². The highest BCUT2D eigenvalue weighted by Crippen LogP contribution is 2.21. The standard InChI is InChI=1S/C18H23N5O2S/c1-4-6-11-22(5-2)15(24)12-26-18-20-19-17-21(3)16(25)13-9-7-8-10-14(13)23(17)18/h7-10H,4-6,11-12H2,1-3H3. The molecule has 2 aromatic heterocycles. The van der Waals surface area contributed by atoms with Crippen LogP contribution in [0.25, 0.3) is 16.7 Å². The maximum atomic E-state index is 12.5. The molecule has 0 radical (unpaired) electrons. The van der Waals surface area contributed by atoms with Gasteiger partial charge in [-0.15, -0.1) is 10.2 Å². The molecular formula is C18H23N5O2S.